The van der Waals surface area contributed by atoms with Crippen molar-refractivity contribution in [1.29, 1.82) is 0 Å². The highest BCUT2D eigenvalue weighted by Gasteiger charge is 2.23. The van der Waals surface area contributed by atoms with Gasteiger partial charge in [-0.2, -0.15) is 0 Å². The minimum absolute atomic E-state index is 0.204. The number of carbonyl (C=O) groups is 2. The maximum Gasteiger partial charge on any atom is 0.253 e. The number of nitrogens with zero attached hydrogens (tertiary/aromatic N) is 2. The normalized spacial score (nSPS) is 12.4. The van der Waals surface area contributed by atoms with Gasteiger partial charge in [0.05, 0.1) is 24.4 Å². The highest BCUT2D eigenvalue weighted by Crippen LogP contribution is 2.13. The first-order chi connectivity index (χ1) is 20.3. The Balaban J connectivity index is 1.43. The van der Waals surface area contributed by atoms with Crippen molar-refractivity contribution in [1.82, 2.24) is 20.5 Å². The molecule has 1 heterocycles. The number of rotatable bonds is 13. The SMILES string of the molecule is CCc1cccc(CNC[C@@H](O)[C@H](Cc2ccccc2)NC(=O)c2cccc(C(=O)N(C)Cc3cccc(C)n3)c2)c1. The summed E-state index contributed by atoms with van der Waals surface area (Å²) in [4.78, 5) is 32.6. The topological polar surface area (TPSA) is 94.6 Å². The number of benzene rings is 3. The quantitative estimate of drug-likeness (QED) is 0.219. The second-order valence-electron chi connectivity index (χ2n) is 10.7. The van der Waals surface area contributed by atoms with Crippen LogP contribution in [-0.2, 0) is 25.9 Å². The zero-order chi connectivity index (χ0) is 29.9. The Morgan fingerprint density at radius 3 is 2.31 bits per heavy atom. The molecule has 0 aliphatic heterocycles. The van der Waals surface area contributed by atoms with E-state index in [1.807, 2.05) is 61.5 Å². The van der Waals surface area contributed by atoms with Gasteiger partial charge in [0.1, 0.15) is 0 Å². The summed E-state index contributed by atoms with van der Waals surface area (Å²) in [5.74, 6) is -0.548. The maximum absolute atomic E-state index is 13.4. The van der Waals surface area contributed by atoms with E-state index in [1.54, 1.807) is 36.2 Å². The van der Waals surface area contributed by atoms with Crippen molar-refractivity contribution in [2.75, 3.05) is 13.6 Å². The van der Waals surface area contributed by atoms with Crippen molar-refractivity contribution in [2.24, 2.45) is 0 Å². The van der Waals surface area contributed by atoms with Gasteiger partial charge in [-0.05, 0) is 66.8 Å². The molecule has 2 atom stereocenters. The summed E-state index contributed by atoms with van der Waals surface area (Å²) in [6.45, 7) is 5.33. The van der Waals surface area contributed by atoms with Gasteiger partial charge in [-0.3, -0.25) is 14.6 Å². The third-order valence-electron chi connectivity index (χ3n) is 7.23. The van der Waals surface area contributed by atoms with Gasteiger partial charge in [0.2, 0.25) is 0 Å². The first kappa shape index (κ1) is 30.6. The van der Waals surface area contributed by atoms with Crippen LogP contribution in [0.15, 0.2) is 97.1 Å². The number of pyridine rings is 1. The molecule has 0 saturated heterocycles. The average Bonchev–Trinajstić information content (AvgIpc) is 3.01. The first-order valence-corrected chi connectivity index (χ1v) is 14.4. The van der Waals surface area contributed by atoms with Crippen molar-refractivity contribution >= 4 is 11.8 Å². The molecule has 1 aromatic heterocycles. The van der Waals surface area contributed by atoms with Gasteiger partial charge in [-0.1, -0.05) is 73.7 Å². The lowest BCUT2D eigenvalue weighted by Gasteiger charge is -2.25. The Kier molecular flexibility index (Phi) is 11.0. The smallest absolute Gasteiger partial charge is 0.253 e. The standard InChI is InChI=1S/C35H40N4O3/c1-4-26-14-9-15-28(19-26)22-36-23-33(40)32(20-27-12-6-5-7-13-27)38-34(41)29-16-10-17-30(21-29)35(42)39(3)24-31-18-8-11-25(2)37-31/h5-19,21,32-33,36,40H,4,20,22-24H2,1-3H3,(H,38,41)/t32-,33+/m0/s1. The average molecular weight is 565 g/mol. The van der Waals surface area contributed by atoms with E-state index in [4.69, 9.17) is 0 Å². The Labute approximate surface area is 248 Å². The molecule has 0 radical (unpaired) electrons. The van der Waals surface area contributed by atoms with Crippen LogP contribution in [0.5, 0.6) is 0 Å². The summed E-state index contributed by atoms with van der Waals surface area (Å²) >= 11 is 0. The van der Waals surface area contributed by atoms with Gasteiger partial charge in [-0.25, -0.2) is 0 Å². The minimum Gasteiger partial charge on any atom is -0.390 e. The molecule has 3 aromatic carbocycles. The molecule has 0 saturated carbocycles. The zero-order valence-electron chi connectivity index (χ0n) is 24.6. The van der Waals surface area contributed by atoms with Crippen molar-refractivity contribution in [3.63, 3.8) is 0 Å². The molecule has 4 rings (SSSR count). The molecule has 7 heteroatoms. The molecule has 4 aromatic rings. The van der Waals surface area contributed by atoms with Gasteiger partial charge < -0.3 is 20.6 Å². The summed E-state index contributed by atoms with van der Waals surface area (Å²) in [6, 6.07) is 30.0. The fraction of sp³-hybridized carbons (Fsp3) is 0.286. The molecule has 0 unspecified atom stereocenters. The molecule has 0 spiro atoms. The van der Waals surface area contributed by atoms with Gasteiger partial charge in [0.25, 0.3) is 11.8 Å². The number of hydrogen-bond acceptors (Lipinski definition) is 5. The monoisotopic (exact) mass is 564 g/mol. The highest BCUT2D eigenvalue weighted by molar-refractivity contribution is 5.99. The molecular weight excluding hydrogens is 524 g/mol. The first-order valence-electron chi connectivity index (χ1n) is 14.4. The number of aliphatic hydroxyl groups excluding tert-OH is 1. The van der Waals surface area contributed by atoms with E-state index in [0.29, 0.717) is 37.2 Å². The molecule has 218 valence electrons. The fourth-order valence-electron chi connectivity index (χ4n) is 4.89. The number of aryl methyl sites for hydroxylation is 2. The number of amides is 2. The molecule has 42 heavy (non-hydrogen) atoms. The summed E-state index contributed by atoms with van der Waals surface area (Å²) in [7, 11) is 1.72. The molecule has 0 aliphatic rings. The van der Waals surface area contributed by atoms with E-state index in [1.165, 1.54) is 5.56 Å². The third kappa shape index (κ3) is 8.83. The Bertz CT molecular complexity index is 1470. The van der Waals surface area contributed by atoms with E-state index in [0.717, 1.165) is 28.9 Å². The van der Waals surface area contributed by atoms with Crippen molar-refractivity contribution in [2.45, 2.75) is 51.9 Å². The molecule has 0 aliphatic carbocycles. The largest absolute Gasteiger partial charge is 0.390 e. The van der Waals surface area contributed by atoms with Crippen LogP contribution in [0.1, 0.15) is 55.7 Å². The zero-order valence-corrected chi connectivity index (χ0v) is 24.6. The lowest BCUT2D eigenvalue weighted by atomic mass is 10.00. The third-order valence-corrected chi connectivity index (χ3v) is 7.23. The number of nitrogens with one attached hydrogen (secondary N) is 2. The van der Waals surface area contributed by atoms with Crippen molar-refractivity contribution in [3.05, 3.63) is 136 Å². The molecule has 2 amide bonds. The van der Waals surface area contributed by atoms with E-state index in [9.17, 15) is 14.7 Å². The second kappa shape index (κ2) is 15.1. The van der Waals surface area contributed by atoms with E-state index in [2.05, 4.69) is 40.7 Å². The summed E-state index contributed by atoms with van der Waals surface area (Å²) in [6.07, 6.45) is 0.599. The van der Waals surface area contributed by atoms with Crippen molar-refractivity contribution in [3.8, 4) is 0 Å². The molecule has 0 fully saturated rings. The minimum atomic E-state index is -0.832. The van der Waals surface area contributed by atoms with E-state index >= 15 is 0 Å². The van der Waals surface area contributed by atoms with Crippen LogP contribution in [0.25, 0.3) is 0 Å². The van der Waals surface area contributed by atoms with Gasteiger partial charge in [-0.15, -0.1) is 0 Å². The molecule has 3 N–H and O–H groups in total. The van der Waals surface area contributed by atoms with E-state index < -0.39 is 12.1 Å². The lowest BCUT2D eigenvalue weighted by Crippen LogP contribution is -2.48. The molecular formula is C35H40N4O3. The van der Waals surface area contributed by atoms with Crippen molar-refractivity contribution < 1.29 is 14.7 Å². The van der Waals surface area contributed by atoms with Crippen LogP contribution in [0.4, 0.5) is 0 Å². The fourth-order valence-corrected chi connectivity index (χ4v) is 4.89. The Morgan fingerprint density at radius 1 is 0.857 bits per heavy atom. The van der Waals surface area contributed by atoms with Crippen LogP contribution in [0.3, 0.4) is 0 Å². The summed E-state index contributed by atoms with van der Waals surface area (Å²) in [5, 5.41) is 17.5. The second-order valence-corrected chi connectivity index (χ2v) is 10.7. The predicted molar refractivity (Wildman–Crippen MR) is 166 cm³/mol. The summed E-state index contributed by atoms with van der Waals surface area (Å²) in [5.41, 5.74) is 5.88. The number of carbonyl (C=O) groups excluding carboxylic acids is 2. The van der Waals surface area contributed by atoms with Crippen LogP contribution in [0.2, 0.25) is 0 Å². The Morgan fingerprint density at radius 2 is 1.55 bits per heavy atom. The number of hydrogen-bond donors (Lipinski definition) is 3. The molecule has 7 nitrogen and oxygen atoms in total. The van der Waals surface area contributed by atoms with Crippen LogP contribution in [-0.4, -0.2) is 52.5 Å². The summed E-state index contributed by atoms with van der Waals surface area (Å²) < 4.78 is 0. The predicted octanol–water partition coefficient (Wildman–Crippen LogP) is 4.72. The molecule has 0 bridgehead atoms. The number of aromatic nitrogens is 1. The number of aliphatic hydroxyl groups is 1. The lowest BCUT2D eigenvalue weighted by molar-refractivity contribution is 0.0783. The maximum atomic E-state index is 13.4. The van der Waals surface area contributed by atoms with Gasteiger partial charge in [0, 0.05) is 37.0 Å². The Hall–Kier alpha value is -4.33. The van der Waals surface area contributed by atoms with E-state index in [-0.39, 0.29) is 11.8 Å². The van der Waals surface area contributed by atoms with Crippen LogP contribution < -0.4 is 10.6 Å². The van der Waals surface area contributed by atoms with Gasteiger partial charge in [0.15, 0.2) is 0 Å². The van der Waals surface area contributed by atoms with Crippen LogP contribution in [0, 0.1) is 6.92 Å². The highest BCUT2D eigenvalue weighted by atomic mass is 16.3. The van der Waals surface area contributed by atoms with Crippen LogP contribution >= 0.6 is 0 Å². The van der Waals surface area contributed by atoms with Gasteiger partial charge >= 0.3 is 0 Å².